The van der Waals surface area contributed by atoms with Crippen LogP contribution in [0.15, 0.2) is 5.38 Å². The van der Waals surface area contributed by atoms with E-state index in [9.17, 15) is 4.79 Å². The Kier molecular flexibility index (Phi) is 3.17. The van der Waals surface area contributed by atoms with Gasteiger partial charge in [0.25, 0.3) is 0 Å². The quantitative estimate of drug-likeness (QED) is 0.787. The summed E-state index contributed by atoms with van der Waals surface area (Å²) in [6, 6.07) is 0.482. The maximum absolute atomic E-state index is 11.0. The van der Waals surface area contributed by atoms with Gasteiger partial charge in [-0.15, -0.1) is 11.3 Å². The molecule has 0 N–H and O–H groups in total. The largest absolute Gasteiger partial charge is 0.300 e. The fourth-order valence-electron chi connectivity index (χ4n) is 2.03. The number of rotatable bonds is 3. The van der Waals surface area contributed by atoms with E-state index in [0.717, 1.165) is 12.2 Å². The standard InChI is InChI=1S/C11H16N2OS/c1-8(14)6-9-7-15-11(12-9)10-4-3-5-13(10)2/h7,10H,3-6H2,1-2H3. The van der Waals surface area contributed by atoms with Crippen molar-refractivity contribution in [2.24, 2.45) is 0 Å². The first-order valence-electron chi connectivity index (χ1n) is 5.31. The zero-order valence-corrected chi connectivity index (χ0v) is 10.0. The second kappa shape index (κ2) is 4.41. The van der Waals surface area contributed by atoms with Crippen LogP contribution in [0.1, 0.15) is 36.5 Å². The molecular formula is C11H16N2OS. The van der Waals surface area contributed by atoms with Crippen molar-refractivity contribution in [1.29, 1.82) is 0 Å². The van der Waals surface area contributed by atoms with E-state index < -0.39 is 0 Å². The van der Waals surface area contributed by atoms with Gasteiger partial charge in [0.1, 0.15) is 10.8 Å². The average molecular weight is 224 g/mol. The summed E-state index contributed by atoms with van der Waals surface area (Å²) in [5.41, 5.74) is 0.933. The summed E-state index contributed by atoms with van der Waals surface area (Å²) in [5, 5.41) is 3.19. The van der Waals surface area contributed by atoms with Crippen LogP contribution in [0, 0.1) is 0 Å². The van der Waals surface area contributed by atoms with Gasteiger partial charge in [0, 0.05) is 11.8 Å². The highest BCUT2D eigenvalue weighted by Crippen LogP contribution is 2.32. The van der Waals surface area contributed by atoms with Crippen LogP contribution in [0.5, 0.6) is 0 Å². The van der Waals surface area contributed by atoms with E-state index in [-0.39, 0.29) is 5.78 Å². The van der Waals surface area contributed by atoms with E-state index in [1.165, 1.54) is 17.8 Å². The first-order valence-corrected chi connectivity index (χ1v) is 6.19. The molecule has 2 heterocycles. The lowest BCUT2D eigenvalue weighted by atomic mass is 10.2. The van der Waals surface area contributed by atoms with Crippen LogP contribution in [0.4, 0.5) is 0 Å². The molecule has 1 saturated heterocycles. The minimum absolute atomic E-state index is 0.187. The van der Waals surface area contributed by atoms with E-state index in [4.69, 9.17) is 0 Å². The van der Waals surface area contributed by atoms with Crippen molar-refractivity contribution in [3.8, 4) is 0 Å². The second-order valence-electron chi connectivity index (χ2n) is 4.19. The number of thiazole rings is 1. The molecule has 0 aliphatic carbocycles. The van der Waals surface area contributed by atoms with Crippen molar-refractivity contribution < 1.29 is 4.79 Å². The Morgan fingerprint density at radius 1 is 1.73 bits per heavy atom. The number of aromatic nitrogens is 1. The van der Waals surface area contributed by atoms with Gasteiger partial charge in [0.15, 0.2) is 0 Å². The molecule has 1 aromatic heterocycles. The van der Waals surface area contributed by atoms with Gasteiger partial charge in [-0.1, -0.05) is 0 Å². The van der Waals surface area contributed by atoms with Gasteiger partial charge in [-0.25, -0.2) is 4.98 Å². The molecule has 0 amide bonds. The van der Waals surface area contributed by atoms with Crippen molar-refractivity contribution in [2.45, 2.75) is 32.2 Å². The third-order valence-electron chi connectivity index (χ3n) is 2.81. The Labute approximate surface area is 94.1 Å². The minimum Gasteiger partial charge on any atom is -0.300 e. The Balaban J connectivity index is 2.09. The number of ketones is 1. The van der Waals surface area contributed by atoms with Crippen LogP contribution < -0.4 is 0 Å². The van der Waals surface area contributed by atoms with E-state index in [2.05, 4.69) is 16.9 Å². The molecule has 1 aromatic rings. The average Bonchev–Trinajstić information content (AvgIpc) is 2.72. The fraction of sp³-hybridized carbons (Fsp3) is 0.636. The molecule has 15 heavy (non-hydrogen) atoms. The van der Waals surface area contributed by atoms with E-state index >= 15 is 0 Å². The SMILES string of the molecule is CC(=O)Cc1csc(C2CCCN2C)n1. The molecular weight excluding hydrogens is 208 g/mol. The van der Waals surface area contributed by atoms with Gasteiger partial charge < -0.3 is 0 Å². The van der Waals surface area contributed by atoms with Gasteiger partial charge >= 0.3 is 0 Å². The lowest BCUT2D eigenvalue weighted by molar-refractivity contribution is -0.116. The second-order valence-corrected chi connectivity index (χ2v) is 5.08. The Morgan fingerprint density at radius 2 is 2.53 bits per heavy atom. The van der Waals surface area contributed by atoms with Gasteiger partial charge in [-0.05, 0) is 33.4 Å². The van der Waals surface area contributed by atoms with E-state index in [0.29, 0.717) is 12.5 Å². The Bertz CT molecular complexity index is 361. The number of hydrogen-bond acceptors (Lipinski definition) is 4. The lowest BCUT2D eigenvalue weighted by Crippen LogP contribution is -2.17. The fourth-order valence-corrected chi connectivity index (χ4v) is 3.05. The van der Waals surface area contributed by atoms with Crippen LogP contribution in [-0.2, 0) is 11.2 Å². The molecule has 1 fully saturated rings. The molecule has 0 spiro atoms. The molecule has 0 saturated carbocycles. The molecule has 1 aliphatic rings. The van der Waals surface area contributed by atoms with E-state index in [1.807, 2.05) is 5.38 Å². The van der Waals surface area contributed by atoms with Crippen molar-refractivity contribution in [1.82, 2.24) is 9.88 Å². The molecule has 0 radical (unpaired) electrons. The summed E-state index contributed by atoms with van der Waals surface area (Å²) in [6.07, 6.45) is 2.93. The summed E-state index contributed by atoms with van der Waals surface area (Å²) < 4.78 is 0. The zero-order valence-electron chi connectivity index (χ0n) is 9.19. The van der Waals surface area contributed by atoms with Gasteiger partial charge in [0.2, 0.25) is 0 Å². The maximum Gasteiger partial charge on any atom is 0.135 e. The van der Waals surface area contributed by atoms with Crippen molar-refractivity contribution in [3.63, 3.8) is 0 Å². The first kappa shape index (κ1) is 10.8. The van der Waals surface area contributed by atoms with Gasteiger partial charge in [-0.2, -0.15) is 0 Å². The van der Waals surface area contributed by atoms with Crippen LogP contribution in [-0.4, -0.2) is 29.3 Å². The number of hydrogen-bond donors (Lipinski definition) is 0. The van der Waals surface area contributed by atoms with Crippen molar-refractivity contribution in [2.75, 3.05) is 13.6 Å². The molecule has 2 rings (SSSR count). The van der Waals surface area contributed by atoms with E-state index in [1.54, 1.807) is 18.3 Å². The number of Topliss-reactive ketones (excluding diaryl/α,β-unsaturated/α-hetero) is 1. The van der Waals surface area contributed by atoms with Crippen molar-refractivity contribution in [3.05, 3.63) is 16.1 Å². The molecule has 82 valence electrons. The van der Waals surface area contributed by atoms with Crippen LogP contribution in [0.3, 0.4) is 0 Å². The predicted octanol–water partition coefficient (Wildman–Crippen LogP) is 2.04. The molecule has 0 bridgehead atoms. The maximum atomic E-state index is 11.0. The summed E-state index contributed by atoms with van der Waals surface area (Å²) >= 11 is 1.69. The third kappa shape index (κ3) is 2.44. The number of likely N-dealkylation sites (tertiary alicyclic amines) is 1. The molecule has 1 unspecified atom stereocenters. The predicted molar refractivity (Wildman–Crippen MR) is 61.1 cm³/mol. The third-order valence-corrected chi connectivity index (χ3v) is 3.80. The van der Waals surface area contributed by atoms with Crippen molar-refractivity contribution >= 4 is 17.1 Å². The number of carbonyl (C=O) groups is 1. The number of nitrogens with zero attached hydrogens (tertiary/aromatic N) is 2. The van der Waals surface area contributed by atoms with Gasteiger partial charge in [-0.3, -0.25) is 9.69 Å². The molecule has 3 nitrogen and oxygen atoms in total. The lowest BCUT2D eigenvalue weighted by Gasteiger charge is -2.16. The summed E-state index contributed by atoms with van der Waals surface area (Å²) in [5.74, 6) is 0.187. The highest BCUT2D eigenvalue weighted by Gasteiger charge is 2.25. The van der Waals surface area contributed by atoms with Crippen LogP contribution >= 0.6 is 11.3 Å². The smallest absolute Gasteiger partial charge is 0.135 e. The summed E-state index contributed by atoms with van der Waals surface area (Å²) in [4.78, 5) is 17.8. The highest BCUT2D eigenvalue weighted by atomic mass is 32.1. The Hall–Kier alpha value is -0.740. The first-order chi connectivity index (χ1) is 7.16. The van der Waals surface area contributed by atoms with Crippen LogP contribution in [0.25, 0.3) is 0 Å². The summed E-state index contributed by atoms with van der Waals surface area (Å²) in [7, 11) is 2.14. The highest BCUT2D eigenvalue weighted by molar-refractivity contribution is 7.09. The normalized spacial score (nSPS) is 22.1. The Morgan fingerprint density at radius 3 is 3.13 bits per heavy atom. The van der Waals surface area contributed by atoms with Gasteiger partial charge in [0.05, 0.1) is 11.7 Å². The monoisotopic (exact) mass is 224 g/mol. The minimum atomic E-state index is 0.187. The molecule has 1 aliphatic heterocycles. The topological polar surface area (TPSA) is 33.2 Å². The molecule has 4 heteroatoms. The van der Waals surface area contributed by atoms with Crippen LogP contribution in [0.2, 0.25) is 0 Å². The molecule has 1 atom stereocenters. The molecule has 0 aromatic carbocycles. The summed E-state index contributed by atoms with van der Waals surface area (Å²) in [6.45, 7) is 2.77. The zero-order chi connectivity index (χ0) is 10.8. The number of carbonyl (C=O) groups excluding carboxylic acids is 1.